The monoisotopic (exact) mass is 220 g/mol. The van der Waals surface area contributed by atoms with Gasteiger partial charge in [-0.2, -0.15) is 0 Å². The number of aliphatic hydroxyl groups is 1. The van der Waals surface area contributed by atoms with E-state index in [4.69, 9.17) is 0 Å². The normalized spacial score (nSPS) is 25.1. The van der Waals surface area contributed by atoms with Crippen molar-refractivity contribution in [2.45, 2.75) is 19.4 Å². The Morgan fingerprint density at radius 1 is 1.62 bits per heavy atom. The minimum Gasteiger partial charge on any atom is -0.396 e. The van der Waals surface area contributed by atoms with Gasteiger partial charge < -0.3 is 10.0 Å². The maximum atomic E-state index is 11.8. The number of carbonyl (C=O) groups is 1. The fourth-order valence-corrected chi connectivity index (χ4v) is 2.40. The second-order valence-corrected chi connectivity index (χ2v) is 4.06. The molecule has 4 heteroatoms. The molecule has 86 valence electrons. The Labute approximate surface area is 94.9 Å². The first kappa shape index (κ1) is 11.1. The summed E-state index contributed by atoms with van der Waals surface area (Å²) in [6.07, 6.45) is 3.92. The number of likely N-dealkylation sites (tertiary alicyclic amines) is 1. The van der Waals surface area contributed by atoms with Crippen molar-refractivity contribution in [3.63, 3.8) is 0 Å². The van der Waals surface area contributed by atoms with Crippen molar-refractivity contribution in [2.24, 2.45) is 5.92 Å². The number of amides is 1. The van der Waals surface area contributed by atoms with Crippen LogP contribution < -0.4 is 0 Å². The molecule has 2 atom stereocenters. The standard InChI is InChI=1S/C12H16N2O2/c1-2-14-11(16)6-10(8-15)12(14)9-4-3-5-13-7-9/h3-5,7,10,12,15H,2,6,8H2,1H3/t10-,12-/m0/s1. The zero-order chi connectivity index (χ0) is 11.5. The van der Waals surface area contributed by atoms with Gasteiger partial charge in [0.15, 0.2) is 0 Å². The van der Waals surface area contributed by atoms with E-state index < -0.39 is 0 Å². The fourth-order valence-electron chi connectivity index (χ4n) is 2.40. The summed E-state index contributed by atoms with van der Waals surface area (Å²) in [6.45, 7) is 2.68. The van der Waals surface area contributed by atoms with Gasteiger partial charge in [0.2, 0.25) is 5.91 Å². The Kier molecular flexibility index (Phi) is 3.19. The summed E-state index contributed by atoms with van der Waals surface area (Å²) in [5, 5.41) is 9.33. The molecule has 1 aromatic heterocycles. The number of carbonyl (C=O) groups excluding carboxylic acids is 1. The number of hydrogen-bond acceptors (Lipinski definition) is 3. The van der Waals surface area contributed by atoms with Crippen molar-refractivity contribution in [3.05, 3.63) is 30.1 Å². The second kappa shape index (κ2) is 4.61. The van der Waals surface area contributed by atoms with E-state index in [1.807, 2.05) is 24.0 Å². The van der Waals surface area contributed by atoms with Gasteiger partial charge in [0.25, 0.3) is 0 Å². The van der Waals surface area contributed by atoms with Crippen LogP contribution in [0.4, 0.5) is 0 Å². The largest absolute Gasteiger partial charge is 0.396 e. The van der Waals surface area contributed by atoms with Crippen LogP contribution in [0.5, 0.6) is 0 Å². The van der Waals surface area contributed by atoms with Gasteiger partial charge in [-0.05, 0) is 18.6 Å². The Morgan fingerprint density at radius 3 is 3.00 bits per heavy atom. The van der Waals surface area contributed by atoms with Crippen molar-refractivity contribution >= 4 is 5.91 Å². The van der Waals surface area contributed by atoms with Gasteiger partial charge in [-0.3, -0.25) is 9.78 Å². The van der Waals surface area contributed by atoms with Crippen LogP contribution in [-0.4, -0.2) is 34.0 Å². The molecule has 2 heterocycles. The Balaban J connectivity index is 2.32. The van der Waals surface area contributed by atoms with Gasteiger partial charge in [-0.25, -0.2) is 0 Å². The number of pyridine rings is 1. The third-order valence-corrected chi connectivity index (χ3v) is 3.14. The molecule has 4 nitrogen and oxygen atoms in total. The highest BCUT2D eigenvalue weighted by Crippen LogP contribution is 2.36. The molecule has 0 unspecified atom stereocenters. The van der Waals surface area contributed by atoms with E-state index in [2.05, 4.69) is 4.98 Å². The second-order valence-electron chi connectivity index (χ2n) is 4.06. The molecule has 1 saturated heterocycles. The fraction of sp³-hybridized carbons (Fsp3) is 0.500. The first-order valence-corrected chi connectivity index (χ1v) is 5.58. The van der Waals surface area contributed by atoms with E-state index in [0.29, 0.717) is 13.0 Å². The van der Waals surface area contributed by atoms with Crippen LogP contribution in [0.25, 0.3) is 0 Å². The summed E-state index contributed by atoms with van der Waals surface area (Å²) in [5.41, 5.74) is 1.01. The lowest BCUT2D eigenvalue weighted by molar-refractivity contribution is -0.128. The molecule has 1 aromatic rings. The zero-order valence-electron chi connectivity index (χ0n) is 9.34. The van der Waals surface area contributed by atoms with E-state index in [-0.39, 0.29) is 24.5 Å². The maximum absolute atomic E-state index is 11.8. The van der Waals surface area contributed by atoms with Gasteiger partial charge in [0.05, 0.1) is 6.04 Å². The number of aromatic nitrogens is 1. The Morgan fingerprint density at radius 2 is 2.44 bits per heavy atom. The zero-order valence-corrected chi connectivity index (χ0v) is 9.34. The number of aliphatic hydroxyl groups excluding tert-OH is 1. The third-order valence-electron chi connectivity index (χ3n) is 3.14. The van der Waals surface area contributed by atoms with E-state index in [0.717, 1.165) is 5.56 Å². The summed E-state index contributed by atoms with van der Waals surface area (Å²) < 4.78 is 0. The van der Waals surface area contributed by atoms with Crippen LogP contribution >= 0.6 is 0 Å². The summed E-state index contributed by atoms with van der Waals surface area (Å²) in [7, 11) is 0. The first-order chi connectivity index (χ1) is 7.77. The molecule has 0 aromatic carbocycles. The van der Waals surface area contributed by atoms with E-state index in [1.54, 1.807) is 12.4 Å². The average molecular weight is 220 g/mol. The van der Waals surface area contributed by atoms with Crippen LogP contribution in [-0.2, 0) is 4.79 Å². The topological polar surface area (TPSA) is 53.4 Å². The first-order valence-electron chi connectivity index (χ1n) is 5.58. The highest BCUT2D eigenvalue weighted by molar-refractivity contribution is 5.79. The predicted molar refractivity (Wildman–Crippen MR) is 59.6 cm³/mol. The molecule has 0 radical (unpaired) electrons. The lowest BCUT2D eigenvalue weighted by Crippen LogP contribution is -2.29. The van der Waals surface area contributed by atoms with Crippen LogP contribution in [0.1, 0.15) is 24.9 Å². The molecule has 1 fully saturated rings. The van der Waals surface area contributed by atoms with Gasteiger partial charge >= 0.3 is 0 Å². The molecule has 2 rings (SSSR count). The van der Waals surface area contributed by atoms with Crippen LogP contribution in [0, 0.1) is 5.92 Å². The highest BCUT2D eigenvalue weighted by Gasteiger charge is 2.39. The molecular weight excluding hydrogens is 204 g/mol. The summed E-state index contributed by atoms with van der Waals surface area (Å²) in [4.78, 5) is 17.6. The van der Waals surface area contributed by atoms with Crippen molar-refractivity contribution in [2.75, 3.05) is 13.2 Å². The average Bonchev–Trinajstić information content (AvgIpc) is 2.66. The molecule has 0 spiro atoms. The van der Waals surface area contributed by atoms with Gasteiger partial charge in [-0.15, -0.1) is 0 Å². The van der Waals surface area contributed by atoms with Crippen molar-refractivity contribution in [1.82, 2.24) is 9.88 Å². The Hall–Kier alpha value is -1.42. The number of rotatable bonds is 3. The molecule has 1 aliphatic heterocycles. The molecular formula is C12H16N2O2. The summed E-state index contributed by atoms with van der Waals surface area (Å²) in [6, 6.07) is 3.80. The van der Waals surface area contributed by atoms with Crippen LogP contribution in [0.3, 0.4) is 0 Å². The van der Waals surface area contributed by atoms with Crippen molar-refractivity contribution in [3.8, 4) is 0 Å². The highest BCUT2D eigenvalue weighted by atomic mass is 16.3. The van der Waals surface area contributed by atoms with Crippen LogP contribution in [0.15, 0.2) is 24.5 Å². The molecule has 0 aliphatic carbocycles. The molecule has 1 N–H and O–H groups in total. The minimum atomic E-state index is -0.0174. The SMILES string of the molecule is CCN1C(=O)C[C@@H](CO)[C@@H]1c1cccnc1. The summed E-state index contributed by atoms with van der Waals surface area (Å²) in [5.74, 6) is 0.118. The lowest BCUT2D eigenvalue weighted by Gasteiger charge is -2.26. The van der Waals surface area contributed by atoms with Gasteiger partial charge in [0.1, 0.15) is 0 Å². The van der Waals surface area contributed by atoms with Crippen molar-refractivity contribution in [1.29, 1.82) is 0 Å². The van der Waals surface area contributed by atoms with E-state index in [9.17, 15) is 9.90 Å². The number of hydrogen-bond donors (Lipinski definition) is 1. The quantitative estimate of drug-likeness (QED) is 0.826. The molecule has 1 aliphatic rings. The van der Waals surface area contributed by atoms with Crippen LogP contribution in [0.2, 0.25) is 0 Å². The Bertz CT molecular complexity index is 367. The van der Waals surface area contributed by atoms with Gasteiger partial charge in [-0.1, -0.05) is 6.07 Å². The predicted octanol–water partition coefficient (Wildman–Crippen LogP) is 0.983. The third kappa shape index (κ3) is 1.80. The smallest absolute Gasteiger partial charge is 0.223 e. The molecule has 0 bridgehead atoms. The van der Waals surface area contributed by atoms with Gasteiger partial charge in [0, 0.05) is 37.9 Å². The van der Waals surface area contributed by atoms with E-state index >= 15 is 0 Å². The minimum absolute atomic E-state index is 0.00310. The maximum Gasteiger partial charge on any atom is 0.223 e. The number of nitrogens with zero attached hydrogens (tertiary/aromatic N) is 2. The summed E-state index contributed by atoms with van der Waals surface area (Å²) >= 11 is 0. The molecule has 1 amide bonds. The lowest BCUT2D eigenvalue weighted by atomic mass is 9.95. The van der Waals surface area contributed by atoms with E-state index in [1.165, 1.54) is 0 Å². The van der Waals surface area contributed by atoms with Crippen molar-refractivity contribution < 1.29 is 9.90 Å². The molecule has 16 heavy (non-hydrogen) atoms. The molecule has 0 saturated carbocycles.